The van der Waals surface area contributed by atoms with Gasteiger partial charge in [0.1, 0.15) is 5.75 Å². The number of ether oxygens (including phenoxy) is 2. The molecule has 6 nitrogen and oxygen atoms in total. The average molecular weight is 419 g/mol. The molecule has 0 unspecified atom stereocenters. The van der Waals surface area contributed by atoms with Gasteiger partial charge in [0.15, 0.2) is 16.7 Å². The zero-order chi connectivity index (χ0) is 20.3. The van der Waals surface area contributed by atoms with Crippen LogP contribution in [0.2, 0.25) is 5.02 Å². The Morgan fingerprint density at radius 1 is 1.29 bits per heavy atom. The van der Waals surface area contributed by atoms with Gasteiger partial charge < -0.3 is 14.6 Å². The fourth-order valence-electron chi connectivity index (χ4n) is 2.51. The predicted molar refractivity (Wildman–Crippen MR) is 113 cm³/mol. The number of amidine groups is 1. The van der Waals surface area contributed by atoms with Gasteiger partial charge in [-0.05, 0) is 66.7 Å². The Morgan fingerprint density at radius 3 is 2.64 bits per heavy atom. The Morgan fingerprint density at radius 2 is 2.00 bits per heavy atom. The topological polar surface area (TPSA) is 71.4 Å². The van der Waals surface area contributed by atoms with Crippen LogP contribution in [0.5, 0.6) is 17.2 Å². The number of likely N-dealkylation sites (N-methyl/N-ethyl adjacent to an activating group) is 1. The Balaban J connectivity index is 1.89. The molecule has 1 amide bonds. The summed E-state index contributed by atoms with van der Waals surface area (Å²) in [5.74, 6) is 0.731. The van der Waals surface area contributed by atoms with Gasteiger partial charge in [0.2, 0.25) is 0 Å². The van der Waals surface area contributed by atoms with E-state index in [1.807, 2.05) is 31.2 Å². The summed E-state index contributed by atoms with van der Waals surface area (Å²) in [7, 11) is 3.28. The number of carbonyl (C=O) groups is 1. The molecule has 0 aliphatic carbocycles. The minimum Gasteiger partial charge on any atom is -0.503 e. The van der Waals surface area contributed by atoms with Crippen molar-refractivity contribution >= 4 is 46.2 Å². The standard InChI is InChI=1S/C20H19ClN2O4S/c1-4-27-16-10-12(9-15(21)18(16)24)11-17-19(25)23(2)20(28-17)22-13-5-7-14(26-3)8-6-13/h5-11,24H,4H2,1-3H3. The molecule has 0 bridgehead atoms. The lowest BCUT2D eigenvalue weighted by molar-refractivity contribution is -0.121. The molecule has 28 heavy (non-hydrogen) atoms. The maximum atomic E-state index is 12.6. The summed E-state index contributed by atoms with van der Waals surface area (Å²) >= 11 is 7.34. The van der Waals surface area contributed by atoms with E-state index in [9.17, 15) is 9.90 Å². The van der Waals surface area contributed by atoms with Crippen LogP contribution >= 0.6 is 23.4 Å². The molecule has 146 valence electrons. The van der Waals surface area contributed by atoms with Crippen molar-refractivity contribution in [1.82, 2.24) is 4.90 Å². The Kier molecular flexibility index (Phi) is 6.16. The minimum atomic E-state index is -0.167. The van der Waals surface area contributed by atoms with Crippen LogP contribution in [0, 0.1) is 0 Å². The smallest absolute Gasteiger partial charge is 0.266 e. The van der Waals surface area contributed by atoms with Gasteiger partial charge in [0, 0.05) is 7.05 Å². The summed E-state index contributed by atoms with van der Waals surface area (Å²) in [6.07, 6.45) is 1.70. The second kappa shape index (κ2) is 8.58. The third-order valence-corrected chi connectivity index (χ3v) is 5.30. The van der Waals surface area contributed by atoms with E-state index in [0.717, 1.165) is 11.4 Å². The molecular formula is C20H19ClN2O4S. The third kappa shape index (κ3) is 4.26. The number of hydrogen-bond acceptors (Lipinski definition) is 6. The van der Waals surface area contributed by atoms with Crippen LogP contribution in [-0.2, 0) is 4.79 Å². The number of hydrogen-bond donors (Lipinski definition) is 1. The Bertz CT molecular complexity index is 957. The largest absolute Gasteiger partial charge is 0.503 e. The summed E-state index contributed by atoms with van der Waals surface area (Å²) in [5, 5.41) is 10.7. The first kappa shape index (κ1) is 20.1. The zero-order valence-corrected chi connectivity index (χ0v) is 17.2. The van der Waals surface area contributed by atoms with E-state index < -0.39 is 0 Å². The van der Waals surface area contributed by atoms with E-state index in [1.54, 1.807) is 32.4 Å². The van der Waals surface area contributed by atoms with Gasteiger partial charge in [-0.1, -0.05) is 11.6 Å². The number of rotatable bonds is 5. The number of aromatic hydroxyl groups is 1. The summed E-state index contributed by atoms with van der Waals surface area (Å²) in [6.45, 7) is 2.20. The number of amides is 1. The van der Waals surface area contributed by atoms with E-state index in [-0.39, 0.29) is 22.4 Å². The second-order valence-corrected chi connectivity index (χ2v) is 7.27. The molecule has 0 aromatic heterocycles. The Labute approximate surface area is 172 Å². The maximum Gasteiger partial charge on any atom is 0.266 e. The molecule has 2 aromatic rings. The summed E-state index contributed by atoms with van der Waals surface area (Å²) in [6, 6.07) is 10.5. The van der Waals surface area contributed by atoms with Crippen LogP contribution in [0.25, 0.3) is 6.08 Å². The number of phenols is 1. The second-order valence-electron chi connectivity index (χ2n) is 5.85. The van der Waals surface area contributed by atoms with E-state index in [2.05, 4.69) is 4.99 Å². The molecule has 2 aromatic carbocycles. The van der Waals surface area contributed by atoms with Crippen molar-refractivity contribution in [2.24, 2.45) is 4.99 Å². The van der Waals surface area contributed by atoms with E-state index in [4.69, 9.17) is 21.1 Å². The SMILES string of the molecule is CCOc1cc(C=C2SC(=Nc3ccc(OC)cc3)N(C)C2=O)cc(Cl)c1O. The maximum absolute atomic E-state index is 12.6. The van der Waals surface area contributed by atoms with Gasteiger partial charge in [-0.15, -0.1) is 0 Å². The quantitative estimate of drug-likeness (QED) is 0.713. The number of methoxy groups -OCH3 is 1. The number of nitrogens with zero attached hydrogens (tertiary/aromatic N) is 2. The lowest BCUT2D eigenvalue weighted by atomic mass is 10.2. The van der Waals surface area contributed by atoms with Crippen LogP contribution in [0.3, 0.4) is 0 Å². The molecule has 0 spiro atoms. The molecule has 8 heteroatoms. The first-order valence-electron chi connectivity index (χ1n) is 8.48. The van der Waals surface area contributed by atoms with E-state index >= 15 is 0 Å². The molecule has 0 saturated carbocycles. The van der Waals surface area contributed by atoms with Gasteiger partial charge >= 0.3 is 0 Å². The van der Waals surface area contributed by atoms with Crippen LogP contribution in [0.15, 0.2) is 46.3 Å². The van der Waals surface area contributed by atoms with Crippen molar-refractivity contribution in [3.05, 3.63) is 51.9 Å². The van der Waals surface area contributed by atoms with Gasteiger partial charge in [0.25, 0.3) is 5.91 Å². The summed E-state index contributed by atoms with van der Waals surface area (Å²) in [4.78, 5) is 19.1. The molecule has 1 heterocycles. The van der Waals surface area contributed by atoms with Gasteiger partial charge in [0.05, 0.1) is 29.3 Å². The minimum absolute atomic E-state index is 0.116. The highest BCUT2D eigenvalue weighted by Gasteiger charge is 2.30. The summed E-state index contributed by atoms with van der Waals surface area (Å²) in [5.41, 5.74) is 1.37. The van der Waals surface area contributed by atoms with E-state index in [0.29, 0.717) is 22.2 Å². The van der Waals surface area contributed by atoms with Crippen molar-refractivity contribution in [2.45, 2.75) is 6.92 Å². The fraction of sp³-hybridized carbons (Fsp3) is 0.200. The number of carbonyl (C=O) groups excluding carboxylic acids is 1. The zero-order valence-electron chi connectivity index (χ0n) is 15.6. The number of benzene rings is 2. The fourth-order valence-corrected chi connectivity index (χ4v) is 3.72. The molecule has 1 saturated heterocycles. The highest BCUT2D eigenvalue weighted by molar-refractivity contribution is 8.18. The molecule has 1 aliphatic heterocycles. The van der Waals surface area contributed by atoms with Crippen molar-refractivity contribution in [1.29, 1.82) is 0 Å². The average Bonchev–Trinajstić information content (AvgIpc) is 2.94. The van der Waals surface area contributed by atoms with Gasteiger partial charge in [-0.3, -0.25) is 9.69 Å². The molecule has 0 atom stereocenters. The third-order valence-electron chi connectivity index (χ3n) is 3.95. The molecule has 1 fully saturated rings. The van der Waals surface area contributed by atoms with Crippen molar-refractivity contribution in [3.8, 4) is 17.2 Å². The van der Waals surface area contributed by atoms with E-state index in [1.165, 1.54) is 16.7 Å². The molecule has 0 radical (unpaired) electrons. The Hall–Kier alpha value is -2.64. The molecular weight excluding hydrogens is 400 g/mol. The lowest BCUT2D eigenvalue weighted by Crippen LogP contribution is -2.23. The summed E-state index contributed by atoms with van der Waals surface area (Å²) < 4.78 is 10.5. The number of halogens is 1. The molecule has 3 rings (SSSR count). The normalized spacial score (nSPS) is 16.9. The number of thioether (sulfide) groups is 1. The van der Waals surface area contributed by atoms with Crippen LogP contribution in [0.1, 0.15) is 12.5 Å². The number of phenolic OH excluding ortho intramolecular Hbond substituents is 1. The monoisotopic (exact) mass is 418 g/mol. The van der Waals surface area contributed by atoms with Gasteiger partial charge in [-0.25, -0.2) is 4.99 Å². The number of aliphatic imine (C=N–C) groups is 1. The van der Waals surface area contributed by atoms with Crippen molar-refractivity contribution < 1.29 is 19.4 Å². The van der Waals surface area contributed by atoms with Gasteiger partial charge in [-0.2, -0.15) is 0 Å². The highest BCUT2D eigenvalue weighted by atomic mass is 35.5. The van der Waals surface area contributed by atoms with Crippen LogP contribution in [0.4, 0.5) is 5.69 Å². The van der Waals surface area contributed by atoms with Crippen molar-refractivity contribution in [3.63, 3.8) is 0 Å². The first-order chi connectivity index (χ1) is 13.4. The lowest BCUT2D eigenvalue weighted by Gasteiger charge is -2.08. The first-order valence-corrected chi connectivity index (χ1v) is 9.68. The van der Waals surface area contributed by atoms with Crippen molar-refractivity contribution in [2.75, 3.05) is 20.8 Å². The predicted octanol–water partition coefficient (Wildman–Crippen LogP) is 4.69. The highest BCUT2D eigenvalue weighted by Crippen LogP contribution is 2.38. The molecule has 1 aliphatic rings. The van der Waals surface area contributed by atoms with Crippen LogP contribution in [-0.4, -0.2) is 41.8 Å². The molecule has 1 N–H and O–H groups in total. The van der Waals surface area contributed by atoms with Crippen LogP contribution < -0.4 is 9.47 Å².